The van der Waals surface area contributed by atoms with Crippen molar-refractivity contribution in [3.8, 4) is 16.9 Å². The second-order valence-corrected chi connectivity index (χ2v) is 10.4. The first kappa shape index (κ1) is 25.2. The molecule has 2 saturated carbocycles. The number of para-hydroxylation sites is 1. The van der Waals surface area contributed by atoms with Crippen LogP contribution in [0.2, 0.25) is 0 Å². The summed E-state index contributed by atoms with van der Waals surface area (Å²) in [5.74, 6) is -1.11. The number of benzene rings is 1. The lowest BCUT2D eigenvalue weighted by Crippen LogP contribution is -2.34. The summed E-state index contributed by atoms with van der Waals surface area (Å²) in [6, 6.07) is 7.12. The summed E-state index contributed by atoms with van der Waals surface area (Å²) in [5.41, 5.74) is 5.73. The Bertz CT molecular complexity index is 1430. The van der Waals surface area contributed by atoms with Crippen LogP contribution in [0.25, 0.3) is 11.1 Å². The van der Waals surface area contributed by atoms with Crippen molar-refractivity contribution in [3.05, 3.63) is 42.4 Å². The molecule has 1 spiro atoms. The number of nitrogens with two attached hydrogens (primary N) is 1. The number of aromatic nitrogens is 4. The van der Waals surface area contributed by atoms with E-state index in [4.69, 9.17) is 20.3 Å². The molecule has 6 rings (SSSR count). The van der Waals surface area contributed by atoms with Crippen molar-refractivity contribution in [2.24, 2.45) is 5.73 Å². The van der Waals surface area contributed by atoms with Crippen molar-refractivity contribution in [2.75, 3.05) is 24.4 Å². The molecule has 2 amide bonds. The fourth-order valence-corrected chi connectivity index (χ4v) is 5.75. The van der Waals surface area contributed by atoms with Crippen LogP contribution in [0.15, 0.2) is 36.7 Å². The number of rotatable bonds is 8. The standard InChI is InChI=1S/C27H30FN7O4/c1-38-23-17(16-14-30-35(15-16)20-7-3-8-27(20)9-4-12-39-27)5-2-6-18(23)31-19-13-21(33-34-22(19)24(29)36)32-25(37)26(28)10-11-26/h2,5-6,13-15,20H,3-4,7-12H2,1H3,(H2,29,36)(H2,31,32,33,37)/t20-,27-/m1/s1. The van der Waals surface area contributed by atoms with Gasteiger partial charge in [0.15, 0.2) is 17.2 Å². The van der Waals surface area contributed by atoms with Crippen molar-refractivity contribution in [3.63, 3.8) is 0 Å². The number of primary amides is 1. The highest BCUT2D eigenvalue weighted by molar-refractivity contribution is 6.01. The van der Waals surface area contributed by atoms with E-state index in [9.17, 15) is 14.0 Å². The number of carbonyl (C=O) groups excluding carboxylic acids is 2. The minimum Gasteiger partial charge on any atom is -0.494 e. The lowest BCUT2D eigenvalue weighted by molar-refractivity contribution is -0.122. The summed E-state index contributed by atoms with van der Waals surface area (Å²) in [7, 11) is 1.55. The Balaban J connectivity index is 1.30. The molecule has 2 aromatic heterocycles. The average Bonchev–Trinajstić information content (AvgIpc) is 3.30. The Morgan fingerprint density at radius 2 is 2.00 bits per heavy atom. The molecule has 2 atom stereocenters. The maximum atomic E-state index is 14.1. The van der Waals surface area contributed by atoms with Crippen LogP contribution in [0, 0.1) is 0 Å². The number of nitrogens with zero attached hydrogens (tertiary/aromatic N) is 4. The maximum absolute atomic E-state index is 14.1. The molecule has 0 radical (unpaired) electrons. The number of ether oxygens (including phenoxy) is 2. The first-order chi connectivity index (χ1) is 18.8. The minimum atomic E-state index is -1.89. The largest absolute Gasteiger partial charge is 0.494 e. The van der Waals surface area contributed by atoms with Crippen LogP contribution in [0.1, 0.15) is 61.5 Å². The van der Waals surface area contributed by atoms with E-state index in [1.807, 2.05) is 29.2 Å². The molecule has 0 unspecified atom stereocenters. The molecule has 1 aromatic carbocycles. The SMILES string of the molecule is COc1c(Nc2cc(NC(=O)C3(F)CC3)nnc2C(N)=O)cccc1-c1cnn([C@@H]2CCC[C@@]23CCCO3)c1. The van der Waals surface area contributed by atoms with E-state index in [1.165, 1.54) is 6.07 Å². The van der Waals surface area contributed by atoms with Crippen LogP contribution >= 0.6 is 0 Å². The molecule has 0 bridgehead atoms. The summed E-state index contributed by atoms with van der Waals surface area (Å²) in [6.07, 6.45) is 9.44. The number of hydrogen-bond acceptors (Lipinski definition) is 8. The van der Waals surface area contributed by atoms with Crippen LogP contribution in [-0.4, -0.2) is 56.8 Å². The fraction of sp³-hybridized carbons (Fsp3) is 0.444. The molecular formula is C27H30FN7O4. The van der Waals surface area contributed by atoms with E-state index in [0.29, 0.717) is 11.4 Å². The predicted octanol–water partition coefficient (Wildman–Crippen LogP) is 3.91. The third-order valence-electron chi connectivity index (χ3n) is 7.90. The smallest absolute Gasteiger partial charge is 0.271 e. The molecule has 3 fully saturated rings. The molecule has 3 aromatic rings. The van der Waals surface area contributed by atoms with Crippen LogP contribution in [-0.2, 0) is 9.53 Å². The molecule has 39 heavy (non-hydrogen) atoms. The number of nitrogens with one attached hydrogen (secondary N) is 2. The molecule has 4 N–H and O–H groups in total. The van der Waals surface area contributed by atoms with Gasteiger partial charge in [-0.1, -0.05) is 12.1 Å². The van der Waals surface area contributed by atoms with Crippen LogP contribution in [0.3, 0.4) is 0 Å². The Labute approximate surface area is 224 Å². The highest BCUT2D eigenvalue weighted by atomic mass is 19.1. The van der Waals surface area contributed by atoms with Gasteiger partial charge in [0, 0.05) is 30.0 Å². The maximum Gasteiger partial charge on any atom is 0.271 e. The van der Waals surface area contributed by atoms with Crippen molar-refractivity contribution in [2.45, 2.75) is 62.3 Å². The Hall–Kier alpha value is -4.06. The van der Waals surface area contributed by atoms with Crippen molar-refractivity contribution < 1.29 is 23.5 Å². The Morgan fingerprint density at radius 1 is 1.18 bits per heavy atom. The van der Waals surface area contributed by atoms with Gasteiger partial charge in [0.1, 0.15) is 5.75 Å². The van der Waals surface area contributed by atoms with Gasteiger partial charge in [0.2, 0.25) is 0 Å². The third kappa shape index (κ3) is 4.58. The van der Waals surface area contributed by atoms with Crippen LogP contribution in [0.5, 0.6) is 5.75 Å². The Morgan fingerprint density at radius 3 is 2.72 bits per heavy atom. The highest BCUT2D eigenvalue weighted by Crippen LogP contribution is 2.48. The van der Waals surface area contributed by atoms with Crippen LogP contribution < -0.4 is 21.1 Å². The zero-order valence-corrected chi connectivity index (χ0v) is 21.6. The number of halogens is 1. The second-order valence-electron chi connectivity index (χ2n) is 10.4. The molecule has 11 nitrogen and oxygen atoms in total. The molecule has 1 saturated heterocycles. The van der Waals surface area contributed by atoms with E-state index in [-0.39, 0.29) is 41.7 Å². The molecule has 1 aliphatic heterocycles. The summed E-state index contributed by atoms with van der Waals surface area (Å²) in [6.45, 7) is 0.795. The zero-order valence-electron chi connectivity index (χ0n) is 21.6. The molecule has 3 aliphatic rings. The number of carbonyl (C=O) groups is 2. The third-order valence-corrected chi connectivity index (χ3v) is 7.90. The van der Waals surface area contributed by atoms with Crippen molar-refractivity contribution in [1.29, 1.82) is 0 Å². The van der Waals surface area contributed by atoms with Gasteiger partial charge in [0.25, 0.3) is 11.8 Å². The van der Waals surface area contributed by atoms with E-state index < -0.39 is 17.5 Å². The molecular weight excluding hydrogens is 505 g/mol. The van der Waals surface area contributed by atoms with Gasteiger partial charge in [-0.25, -0.2) is 4.39 Å². The molecule has 12 heteroatoms. The number of hydrogen-bond donors (Lipinski definition) is 3. The van der Waals surface area contributed by atoms with Crippen molar-refractivity contribution >= 4 is 29.0 Å². The van der Waals surface area contributed by atoms with Crippen LogP contribution in [0.4, 0.5) is 21.6 Å². The second kappa shape index (κ2) is 9.60. The number of anilines is 3. The highest BCUT2D eigenvalue weighted by Gasteiger charge is 2.51. The molecule has 2 aliphatic carbocycles. The predicted molar refractivity (Wildman–Crippen MR) is 141 cm³/mol. The van der Waals surface area contributed by atoms with Gasteiger partial charge >= 0.3 is 0 Å². The summed E-state index contributed by atoms with van der Waals surface area (Å²) < 4.78 is 28.1. The molecule has 204 valence electrons. The topological polar surface area (TPSA) is 146 Å². The lowest BCUT2D eigenvalue weighted by atomic mass is 9.94. The first-order valence-corrected chi connectivity index (χ1v) is 13.1. The lowest BCUT2D eigenvalue weighted by Gasteiger charge is -2.30. The fourth-order valence-electron chi connectivity index (χ4n) is 5.75. The van der Waals surface area contributed by atoms with Gasteiger partial charge in [-0.3, -0.25) is 14.3 Å². The normalized spacial score (nSPS) is 23.1. The van der Waals surface area contributed by atoms with Gasteiger partial charge in [-0.15, -0.1) is 10.2 Å². The van der Waals surface area contributed by atoms with Gasteiger partial charge < -0.3 is 25.8 Å². The van der Waals surface area contributed by atoms with Crippen molar-refractivity contribution in [1.82, 2.24) is 20.0 Å². The first-order valence-electron chi connectivity index (χ1n) is 13.1. The van der Waals surface area contributed by atoms with E-state index in [1.54, 1.807) is 13.2 Å². The average molecular weight is 536 g/mol. The van der Waals surface area contributed by atoms with E-state index in [0.717, 1.165) is 49.8 Å². The van der Waals surface area contributed by atoms with Gasteiger partial charge in [-0.2, -0.15) is 5.10 Å². The van der Waals surface area contributed by atoms with E-state index >= 15 is 0 Å². The monoisotopic (exact) mass is 535 g/mol. The number of amides is 2. The zero-order chi connectivity index (χ0) is 27.2. The van der Waals surface area contributed by atoms with E-state index in [2.05, 4.69) is 20.8 Å². The molecule has 3 heterocycles. The number of alkyl halides is 1. The van der Waals surface area contributed by atoms with Gasteiger partial charge in [-0.05, 0) is 51.0 Å². The summed E-state index contributed by atoms with van der Waals surface area (Å²) in [5, 5.41) is 17.9. The quantitative estimate of drug-likeness (QED) is 0.394. The van der Waals surface area contributed by atoms with Gasteiger partial charge in [0.05, 0.1) is 36.3 Å². The summed E-state index contributed by atoms with van der Waals surface area (Å²) in [4.78, 5) is 24.2. The summed E-state index contributed by atoms with van der Waals surface area (Å²) >= 11 is 0. The Kier molecular flexibility index (Phi) is 6.21. The minimum absolute atomic E-state index is 0.00699. The number of methoxy groups -OCH3 is 1.